The molecule has 0 saturated heterocycles. The molecule has 7 aromatic rings. The van der Waals surface area contributed by atoms with Crippen LogP contribution in [-0.4, -0.2) is 56.4 Å². The van der Waals surface area contributed by atoms with Crippen LogP contribution in [0, 0.1) is 73.9 Å². The Labute approximate surface area is 1040 Å². The number of Topliss-reactive ketones (excluding diaryl/α,β-unsaturated/α-hetero) is 2. The van der Waals surface area contributed by atoms with Gasteiger partial charge in [-0.25, -0.2) is 0 Å². The fraction of sp³-hybridized carbons (Fsp3) is 0.556. The van der Waals surface area contributed by atoms with Gasteiger partial charge in [0.15, 0.2) is 0 Å². The zero-order valence-corrected chi connectivity index (χ0v) is 104. The van der Waals surface area contributed by atoms with Crippen LogP contribution in [0.5, 0.6) is 34.5 Å². The van der Waals surface area contributed by atoms with Crippen molar-refractivity contribution in [3.05, 3.63) is 223 Å². The van der Waals surface area contributed by atoms with Crippen molar-refractivity contribution in [1.82, 2.24) is 0 Å². The summed E-state index contributed by atoms with van der Waals surface area (Å²) in [5, 5.41) is 122. The Morgan fingerprint density at radius 1 is 0.287 bits per heavy atom. The van der Waals surface area contributed by atoms with Crippen LogP contribution in [0.3, 0.4) is 0 Å². The summed E-state index contributed by atoms with van der Waals surface area (Å²) in [6.07, 6.45) is 37.8. The fourth-order valence-electron chi connectivity index (χ4n) is 30.6. The molecule has 11 fully saturated rings. The Bertz CT molecular complexity index is 5760. The number of carbonyl (C=O) groups is 2. The molecule has 7 aromatic carbocycles. The quantitative estimate of drug-likeness (QED) is 0.0162. The van der Waals surface area contributed by atoms with E-state index >= 15 is 0 Å². The van der Waals surface area contributed by atoms with Crippen molar-refractivity contribution >= 4 is 96.3 Å². The van der Waals surface area contributed by atoms with E-state index in [1.165, 1.54) is 102 Å². The van der Waals surface area contributed by atoms with Gasteiger partial charge in [0.25, 0.3) is 73.9 Å². The van der Waals surface area contributed by atoms with Crippen LogP contribution in [0.1, 0.15) is 304 Å². The number of fused-ring (bicyclic) bond motifs is 30. The molecule has 150 heavy (non-hydrogen) atoms. The molecule has 0 amide bonds. The second-order valence-electron chi connectivity index (χ2n) is 43.8. The Hall–Kier alpha value is -0.620. The van der Waals surface area contributed by atoms with Gasteiger partial charge in [0, 0.05) is 57.7 Å². The summed E-state index contributed by atoms with van der Waals surface area (Å²) in [7, 11) is 0. The number of rotatable bonds is 24. The summed E-state index contributed by atoms with van der Waals surface area (Å²) in [5.41, 5.74) is 20.6. The summed E-state index contributed by atoms with van der Waals surface area (Å²) in [4.78, 5) is 24.7. The van der Waals surface area contributed by atoms with Gasteiger partial charge < -0.3 is 77.1 Å². The monoisotopic (exact) mass is 2230 g/mol. The average Bonchev–Trinajstić information content (AvgIpc) is 1.61. The Morgan fingerprint density at radius 3 is 1.06 bits per heavy atom. The van der Waals surface area contributed by atoms with E-state index in [4.69, 9.17) is 25.1 Å². The molecule has 0 radical (unpaired) electrons. The van der Waals surface area contributed by atoms with E-state index in [9.17, 15) is 61.6 Å². The van der Waals surface area contributed by atoms with Crippen LogP contribution in [0.25, 0.3) is 10.8 Å². The average molecular weight is 2230 g/mol. The van der Waals surface area contributed by atoms with Gasteiger partial charge in [0.05, 0.1) is 24.4 Å². The molecule has 11 saturated carbocycles. The first-order valence-electron chi connectivity index (χ1n) is 50.7. The summed E-state index contributed by atoms with van der Waals surface area (Å²) < 4.78 is 56.4. The number of benzene rings is 7. The first-order chi connectivity index (χ1) is 69.8. The van der Waals surface area contributed by atoms with Crippen LogP contribution >= 0.6 is 73.9 Å². The number of aliphatic hydroxyl groups is 4. The minimum Gasteiger partial charge on any atom is -0.691 e. The number of ketones is 2. The van der Waals surface area contributed by atoms with Crippen molar-refractivity contribution < 1.29 is 320 Å². The zero-order chi connectivity index (χ0) is 100. The third-order valence-electron chi connectivity index (χ3n) is 38.0. The van der Waals surface area contributed by atoms with E-state index in [0.717, 1.165) is 192 Å². The van der Waals surface area contributed by atoms with Gasteiger partial charge in [-0.2, -0.15) is 0 Å². The third-order valence-corrected chi connectivity index (χ3v) is 40.2. The maximum atomic E-state index is 12.4. The summed E-state index contributed by atoms with van der Waals surface area (Å²) in [6, 6.07) is 40.4. The van der Waals surface area contributed by atoms with Gasteiger partial charge in [-0.1, -0.05) is 125 Å². The van der Waals surface area contributed by atoms with Crippen molar-refractivity contribution in [2.24, 2.45) is 73.9 Å². The van der Waals surface area contributed by atoms with Crippen LogP contribution in [0.4, 0.5) is 0 Å². The molecular formula is C108H124Na6O30S6. The number of hydrogen-bond donors (Lipinski definition) is 4. The van der Waals surface area contributed by atoms with E-state index in [-0.39, 0.29) is 234 Å². The second kappa shape index (κ2) is 56.2. The molecule has 0 aliphatic heterocycles. The third kappa shape index (κ3) is 26.2. The summed E-state index contributed by atoms with van der Waals surface area (Å²) >= 11 is 3.08. The van der Waals surface area contributed by atoms with E-state index < -0.39 is 0 Å². The first-order valence-corrected chi connectivity index (χ1v) is 54.7. The molecule has 4 N–H and O–H groups in total. The van der Waals surface area contributed by atoms with Gasteiger partial charge in [-0.15, -0.1) is 26.0 Å². The summed E-state index contributed by atoms with van der Waals surface area (Å²) in [5.74, 6) is 11.6. The van der Waals surface area contributed by atoms with E-state index in [0.29, 0.717) is 197 Å². The van der Waals surface area contributed by atoms with Gasteiger partial charge >= 0.3 is 177 Å². The number of aliphatic hydroxyl groups excluding tert-OH is 4. The first kappa shape index (κ1) is 126. The minimum absolute atomic E-state index is 0. The summed E-state index contributed by atoms with van der Waals surface area (Å²) in [6.45, 7) is 13.4. The Kier molecular flexibility index (Phi) is 47.4. The zero-order valence-electron chi connectivity index (χ0n) is 87.4. The molecule has 0 bridgehead atoms. The molecule has 24 rings (SSSR count). The van der Waals surface area contributed by atoms with Crippen LogP contribution < -0.4 is 234 Å². The SMILES string of the molecule is C[C@]12CCC3C(=CCc4cc(OSOO[O-])ccc43)C1CCC2=O.C[C@]12CCC3C(=CCc4cc(OSOO[O-])ccc43)C1CCC2O.C[C@]12CCC3C(=CCc4cc(OSOO[O-])ccc43)C1CC[C@@H]2O.C[C@]12CCC3c4ccc(OSOO[O-])cc4CCC3C1CCC2=O.C[C@]12CCC3c4ccc(OSOO[O-])cc4CCC3C1CCC2O.C[C@]12CCc3c(ccc4cc(OSOO[O-])ccc34)C1CC[C@H]2O.[Na+].[Na+].[Na+].[Na+].[Na+].[Na+]. The Balaban J connectivity index is 0.000000149. The maximum Gasteiger partial charge on any atom is 1.00 e. The normalized spacial score (nSPS) is 32.0. The molecule has 0 heterocycles. The van der Waals surface area contributed by atoms with Crippen LogP contribution in [0.2, 0.25) is 0 Å². The molecule has 17 aliphatic carbocycles. The van der Waals surface area contributed by atoms with E-state index in [2.05, 4.69) is 165 Å². The van der Waals surface area contributed by atoms with Gasteiger partial charge in [-0.05, 0) is 401 Å². The smallest absolute Gasteiger partial charge is 0.691 e. The molecule has 778 valence electrons. The van der Waals surface area contributed by atoms with E-state index in [1.54, 1.807) is 0 Å². The van der Waals surface area contributed by atoms with Gasteiger partial charge in [0.2, 0.25) is 0 Å². The van der Waals surface area contributed by atoms with Gasteiger partial charge in [0.1, 0.15) is 46.1 Å². The van der Waals surface area contributed by atoms with Crippen molar-refractivity contribution in [2.75, 3.05) is 0 Å². The van der Waals surface area contributed by atoms with Crippen molar-refractivity contribution in [3.8, 4) is 34.5 Å². The topological polar surface area (TPSA) is 420 Å². The van der Waals surface area contributed by atoms with Crippen LogP contribution in [-0.2, 0) is 104 Å². The molecule has 42 heteroatoms. The fourth-order valence-corrected chi connectivity index (χ4v) is 32.0. The molecule has 0 spiro atoms. The van der Waals surface area contributed by atoms with Gasteiger partial charge in [-0.3, -0.25) is 39.8 Å². The predicted molar refractivity (Wildman–Crippen MR) is 524 cm³/mol. The molecule has 15 unspecified atom stereocenters. The van der Waals surface area contributed by atoms with Crippen LogP contribution in [0.15, 0.2) is 156 Å². The van der Waals surface area contributed by atoms with Crippen molar-refractivity contribution in [2.45, 2.75) is 301 Å². The number of carbonyl (C=O) groups excluding carboxylic acids is 2. The predicted octanol–water partition coefficient (Wildman–Crippen LogP) is 0.742. The number of hydrogen-bond acceptors (Lipinski definition) is 36. The van der Waals surface area contributed by atoms with E-state index in [1.807, 2.05) is 72.8 Å². The largest absolute Gasteiger partial charge is 1.00 e. The standard InChI is InChI=1S/C18H24O5S.3C18H22O5S.2C18H20O5S.6Na/c6*1-18-9-8-14-13-5-3-12(21-24-23-22-20)10-11(13)2-4-15(14)16(18)6-7-17(18)19;;;;;;/h3,5,10,14-17,19-20H,2,4,6-9H2,1H3;3,5,10,14-16,20H,2,4,6-9H2,1H3;2*3-5,10,14,16-17,19-20H,2,6-9H2,1H3;3-5,10,14,16,20H,2,6-9H2,1H3;2-5,10,16-17,19-20H,6-9H2,1H3;;;;;;/q;;;;;;6*+1/p-6/t14?,15?,16?,17?,18-;14?,15?,16?,18-;14?,16?,17?,18-;14?,16?,17-,18-;14?,16?,18-;16?,17-,18+;;;;;;/m000001....../s1. The molecule has 17 aliphatic rings. The Morgan fingerprint density at radius 2 is 0.620 bits per heavy atom. The molecular weight excluding hydrogens is 2110 g/mol. The number of aryl methyl sites for hydroxylation is 3. The molecule has 30 nitrogen and oxygen atoms in total. The minimum atomic E-state index is -0.192. The van der Waals surface area contributed by atoms with Crippen molar-refractivity contribution in [1.29, 1.82) is 0 Å². The second-order valence-corrected chi connectivity index (χ2v) is 46.4. The maximum absolute atomic E-state index is 12.4. The molecule has 23 atom stereocenters. The molecule has 0 aromatic heterocycles. The van der Waals surface area contributed by atoms with Crippen molar-refractivity contribution in [3.63, 3.8) is 0 Å². The number of allylic oxidation sites excluding steroid dienone is 6.